The molecule has 4 nitrogen and oxygen atoms in total. The van der Waals surface area contributed by atoms with Gasteiger partial charge in [0.2, 0.25) is 0 Å². The molecule has 1 aliphatic heterocycles. The van der Waals surface area contributed by atoms with E-state index in [1.165, 1.54) is 6.33 Å². The molecule has 2 rings (SSSR count). The highest BCUT2D eigenvalue weighted by atomic mass is 35.5. The average molecular weight is 260 g/mol. The van der Waals surface area contributed by atoms with Gasteiger partial charge in [-0.15, -0.1) is 0 Å². The van der Waals surface area contributed by atoms with Crippen molar-refractivity contribution < 1.29 is 0 Å². The Hall–Kier alpha value is -0.680. The Morgan fingerprint density at radius 2 is 2.38 bits per heavy atom. The maximum absolute atomic E-state index is 11.4. The third kappa shape index (κ3) is 2.35. The molecule has 1 N–H and O–H groups in total. The van der Waals surface area contributed by atoms with E-state index in [1.807, 2.05) is 11.8 Å². The normalized spacial score (nSPS) is 19.8. The Balaban J connectivity index is 2.31. The van der Waals surface area contributed by atoms with E-state index < -0.39 is 0 Å². The second-order valence-corrected chi connectivity index (χ2v) is 6.58. The second kappa shape index (κ2) is 4.30. The molecule has 2 heterocycles. The zero-order valence-electron chi connectivity index (χ0n) is 9.29. The summed E-state index contributed by atoms with van der Waals surface area (Å²) in [6.07, 6.45) is 1.40. The van der Waals surface area contributed by atoms with Gasteiger partial charge in [0.15, 0.2) is 5.82 Å². The molecule has 1 aromatic heterocycles. The summed E-state index contributed by atoms with van der Waals surface area (Å²) >= 11 is 7.90. The van der Waals surface area contributed by atoms with Crippen LogP contribution in [0, 0.1) is 0 Å². The zero-order valence-corrected chi connectivity index (χ0v) is 10.9. The van der Waals surface area contributed by atoms with Crippen LogP contribution in [0.2, 0.25) is 5.02 Å². The largest absolute Gasteiger partial charge is 0.353 e. The SMILES string of the molecule is CC1(C)CN(c2nc[nH]c(=O)c2Cl)CCS1. The maximum atomic E-state index is 11.4. The second-order valence-electron chi connectivity index (χ2n) is 4.40. The summed E-state index contributed by atoms with van der Waals surface area (Å²) in [5.74, 6) is 1.62. The van der Waals surface area contributed by atoms with Crippen LogP contribution in [0.15, 0.2) is 11.1 Å². The lowest BCUT2D eigenvalue weighted by Crippen LogP contribution is -2.44. The molecule has 0 aliphatic carbocycles. The van der Waals surface area contributed by atoms with Gasteiger partial charge in [0, 0.05) is 23.6 Å². The lowest BCUT2D eigenvalue weighted by atomic mass is 10.2. The van der Waals surface area contributed by atoms with Gasteiger partial charge in [-0.05, 0) is 13.8 Å². The van der Waals surface area contributed by atoms with Gasteiger partial charge in [0.1, 0.15) is 5.02 Å². The predicted molar refractivity (Wildman–Crippen MR) is 68.6 cm³/mol. The van der Waals surface area contributed by atoms with Crippen LogP contribution in [-0.4, -0.2) is 33.6 Å². The van der Waals surface area contributed by atoms with E-state index in [4.69, 9.17) is 11.6 Å². The predicted octanol–water partition coefficient (Wildman–Crippen LogP) is 1.76. The van der Waals surface area contributed by atoms with Crippen LogP contribution in [0.5, 0.6) is 0 Å². The number of anilines is 1. The van der Waals surface area contributed by atoms with Crippen molar-refractivity contribution in [3.63, 3.8) is 0 Å². The third-order valence-electron chi connectivity index (χ3n) is 2.50. The fourth-order valence-electron chi connectivity index (χ4n) is 1.79. The van der Waals surface area contributed by atoms with Crippen molar-refractivity contribution in [3.05, 3.63) is 21.7 Å². The van der Waals surface area contributed by atoms with Crippen molar-refractivity contribution in [3.8, 4) is 0 Å². The lowest BCUT2D eigenvalue weighted by molar-refractivity contribution is 0.641. The number of hydrogen-bond acceptors (Lipinski definition) is 4. The summed E-state index contributed by atoms with van der Waals surface area (Å²) in [6.45, 7) is 6.11. The molecule has 0 radical (unpaired) electrons. The number of thioether (sulfide) groups is 1. The average Bonchev–Trinajstić information content (AvgIpc) is 2.20. The van der Waals surface area contributed by atoms with Crippen LogP contribution in [-0.2, 0) is 0 Å². The number of H-pyrrole nitrogens is 1. The molecular formula is C10H14ClN3OS. The summed E-state index contributed by atoms with van der Waals surface area (Å²) < 4.78 is 0.172. The highest BCUT2D eigenvalue weighted by Crippen LogP contribution is 2.32. The Morgan fingerprint density at radius 1 is 1.62 bits per heavy atom. The summed E-state index contributed by atoms with van der Waals surface area (Å²) in [5, 5.41) is 0.185. The zero-order chi connectivity index (χ0) is 11.8. The quantitative estimate of drug-likeness (QED) is 0.835. The van der Waals surface area contributed by atoms with Crippen molar-refractivity contribution in [2.45, 2.75) is 18.6 Å². The van der Waals surface area contributed by atoms with Crippen LogP contribution >= 0.6 is 23.4 Å². The van der Waals surface area contributed by atoms with E-state index in [0.29, 0.717) is 5.82 Å². The van der Waals surface area contributed by atoms with Crippen LogP contribution in [0.1, 0.15) is 13.8 Å². The topological polar surface area (TPSA) is 49.0 Å². The van der Waals surface area contributed by atoms with Crippen molar-refractivity contribution >= 4 is 29.2 Å². The molecule has 0 amide bonds. The van der Waals surface area contributed by atoms with E-state index in [0.717, 1.165) is 18.8 Å². The first-order valence-electron chi connectivity index (χ1n) is 5.12. The molecule has 0 saturated carbocycles. The number of halogens is 1. The fourth-order valence-corrected chi connectivity index (χ4v) is 3.13. The molecular weight excluding hydrogens is 246 g/mol. The van der Waals surface area contributed by atoms with Crippen LogP contribution in [0.3, 0.4) is 0 Å². The minimum Gasteiger partial charge on any atom is -0.353 e. The van der Waals surface area contributed by atoms with Gasteiger partial charge in [-0.2, -0.15) is 11.8 Å². The van der Waals surface area contributed by atoms with E-state index in [9.17, 15) is 4.79 Å². The molecule has 0 atom stereocenters. The molecule has 1 fully saturated rings. The van der Waals surface area contributed by atoms with Gasteiger partial charge in [0.25, 0.3) is 5.56 Å². The first-order chi connectivity index (χ1) is 7.49. The van der Waals surface area contributed by atoms with Crippen LogP contribution in [0.25, 0.3) is 0 Å². The molecule has 16 heavy (non-hydrogen) atoms. The van der Waals surface area contributed by atoms with Gasteiger partial charge in [-0.25, -0.2) is 4.98 Å². The van der Waals surface area contributed by atoms with Gasteiger partial charge < -0.3 is 9.88 Å². The first-order valence-corrected chi connectivity index (χ1v) is 6.48. The number of nitrogens with zero attached hydrogens (tertiary/aromatic N) is 2. The highest BCUT2D eigenvalue weighted by molar-refractivity contribution is 8.00. The molecule has 1 aliphatic rings. The molecule has 0 bridgehead atoms. The summed E-state index contributed by atoms with van der Waals surface area (Å²) in [6, 6.07) is 0. The minimum absolute atomic E-state index is 0.172. The maximum Gasteiger partial charge on any atom is 0.271 e. The first kappa shape index (κ1) is 11.8. The van der Waals surface area contributed by atoms with Crippen LogP contribution < -0.4 is 10.5 Å². The van der Waals surface area contributed by atoms with Crippen molar-refractivity contribution in [1.29, 1.82) is 0 Å². The minimum atomic E-state index is -0.275. The number of aromatic amines is 1. The van der Waals surface area contributed by atoms with E-state index in [1.54, 1.807) is 0 Å². The number of aromatic nitrogens is 2. The Labute approximate surface area is 103 Å². The van der Waals surface area contributed by atoms with Gasteiger partial charge in [-0.3, -0.25) is 4.79 Å². The van der Waals surface area contributed by atoms with E-state index in [-0.39, 0.29) is 15.3 Å². The van der Waals surface area contributed by atoms with E-state index in [2.05, 4.69) is 28.7 Å². The lowest BCUT2D eigenvalue weighted by Gasteiger charge is -2.38. The fraction of sp³-hybridized carbons (Fsp3) is 0.600. The summed E-state index contributed by atoms with van der Waals surface area (Å²) in [5.41, 5.74) is -0.275. The van der Waals surface area contributed by atoms with Gasteiger partial charge in [0.05, 0.1) is 6.33 Å². The van der Waals surface area contributed by atoms with Crippen molar-refractivity contribution in [2.24, 2.45) is 0 Å². The molecule has 1 saturated heterocycles. The van der Waals surface area contributed by atoms with Gasteiger partial charge >= 0.3 is 0 Å². The number of rotatable bonds is 1. The molecule has 0 unspecified atom stereocenters. The highest BCUT2D eigenvalue weighted by Gasteiger charge is 2.29. The standard InChI is InChI=1S/C10H14ClN3OS/c1-10(2)5-14(3-4-16-10)8-7(11)9(15)13-6-12-8/h6H,3-5H2,1-2H3,(H,12,13,15). The van der Waals surface area contributed by atoms with Crippen molar-refractivity contribution in [2.75, 3.05) is 23.7 Å². The summed E-state index contributed by atoms with van der Waals surface area (Å²) in [4.78, 5) is 20.1. The number of nitrogens with one attached hydrogen (secondary N) is 1. The molecule has 1 aromatic rings. The molecule has 6 heteroatoms. The molecule has 0 aromatic carbocycles. The Kier molecular flexibility index (Phi) is 3.17. The third-order valence-corrected chi connectivity index (χ3v) is 4.14. The monoisotopic (exact) mass is 259 g/mol. The van der Waals surface area contributed by atoms with Crippen LogP contribution in [0.4, 0.5) is 5.82 Å². The van der Waals surface area contributed by atoms with Crippen molar-refractivity contribution in [1.82, 2.24) is 9.97 Å². The molecule has 0 spiro atoms. The van der Waals surface area contributed by atoms with E-state index >= 15 is 0 Å². The summed E-state index contributed by atoms with van der Waals surface area (Å²) in [7, 11) is 0. The Morgan fingerprint density at radius 3 is 3.06 bits per heavy atom. The van der Waals surface area contributed by atoms with Gasteiger partial charge in [-0.1, -0.05) is 11.6 Å². The smallest absolute Gasteiger partial charge is 0.271 e. The number of hydrogen-bond donors (Lipinski definition) is 1. The Bertz CT molecular complexity index is 446. The molecule has 88 valence electrons.